The van der Waals surface area contributed by atoms with Crippen molar-refractivity contribution < 1.29 is 0 Å². The first-order valence-corrected chi connectivity index (χ1v) is 28.7. The first-order valence-electron chi connectivity index (χ1n) is 11.4. The van der Waals surface area contributed by atoms with E-state index < -0.39 is 42.0 Å². The van der Waals surface area contributed by atoms with Crippen LogP contribution in [0.5, 0.6) is 0 Å². The molecular formula is C16H50N8Si8. The minimum absolute atomic E-state index is 0.589. The smallest absolute Gasteiger partial charge is 0.234 e. The van der Waals surface area contributed by atoms with Crippen molar-refractivity contribution in [3.8, 4) is 0 Å². The molecule has 2 N–H and O–H groups in total. The Morgan fingerprint density at radius 3 is 0.875 bits per heavy atom. The van der Waals surface area contributed by atoms with Crippen molar-refractivity contribution in [3.05, 3.63) is 0 Å². The SMILES string of the molecule is CN1[Si]N[Si]N[Si]N(C)[Si](C)(C)N(C)[Si](C)(C)N(C)[Si](C)(C)N(C)[Si](C)(C)N(C)[Si]1(C)C. The second-order valence-electron chi connectivity index (χ2n) is 11.4. The van der Waals surface area contributed by atoms with Gasteiger partial charge in [0.1, 0.15) is 0 Å². The van der Waals surface area contributed by atoms with Crippen LogP contribution in [0.15, 0.2) is 0 Å². The molecule has 1 rings (SSSR count). The average Bonchev–Trinajstić information content (AvgIpc) is 2.69. The lowest BCUT2D eigenvalue weighted by Crippen LogP contribution is -2.83. The third-order valence-corrected chi connectivity index (χ3v) is 44.8. The Labute approximate surface area is 213 Å². The van der Waals surface area contributed by atoms with E-state index in [0.717, 1.165) is 0 Å². The van der Waals surface area contributed by atoms with E-state index in [1.165, 1.54) is 0 Å². The summed E-state index contributed by atoms with van der Waals surface area (Å²) in [5, 5.41) is 0. The fourth-order valence-corrected chi connectivity index (χ4v) is 39.8. The van der Waals surface area contributed by atoms with Crippen LogP contribution in [-0.4, -0.2) is 139 Å². The van der Waals surface area contributed by atoms with E-state index in [9.17, 15) is 0 Å². The van der Waals surface area contributed by atoms with Crippen molar-refractivity contribution in [2.24, 2.45) is 0 Å². The molecule has 0 aromatic rings. The minimum Gasteiger partial charge on any atom is -0.337 e. The molecule has 0 atom stereocenters. The molecule has 0 aromatic carbocycles. The van der Waals surface area contributed by atoms with E-state index in [0.29, 0.717) is 29.5 Å². The first-order chi connectivity index (χ1) is 14.2. The Bertz CT molecular complexity index is 585. The Kier molecular flexibility index (Phi) is 10.6. The molecule has 1 saturated heterocycles. The van der Waals surface area contributed by atoms with Crippen LogP contribution < -0.4 is 9.30 Å². The van der Waals surface area contributed by atoms with E-state index in [-0.39, 0.29) is 0 Å². The summed E-state index contributed by atoms with van der Waals surface area (Å²) >= 11 is 0. The van der Waals surface area contributed by atoms with Crippen LogP contribution in [-0.2, 0) is 0 Å². The number of nitrogens with zero attached hydrogens (tertiary/aromatic N) is 6. The van der Waals surface area contributed by atoms with Crippen LogP contribution in [0.2, 0.25) is 65.5 Å². The lowest BCUT2D eigenvalue weighted by atomic mass is 11.5. The molecular weight excluding hydrogens is 529 g/mol. The molecule has 1 heterocycles. The van der Waals surface area contributed by atoms with Crippen LogP contribution in [0.3, 0.4) is 0 Å². The molecule has 0 aliphatic carbocycles. The summed E-state index contributed by atoms with van der Waals surface area (Å²) in [6.07, 6.45) is 0. The van der Waals surface area contributed by atoms with Crippen LogP contribution in [0.1, 0.15) is 0 Å². The summed E-state index contributed by atoms with van der Waals surface area (Å²) in [6, 6.07) is 0. The maximum atomic E-state index is 3.70. The Balaban J connectivity index is 3.52. The maximum Gasteiger partial charge on any atom is 0.234 e. The van der Waals surface area contributed by atoms with Gasteiger partial charge in [-0.1, -0.05) is 0 Å². The molecule has 1 aliphatic rings. The fraction of sp³-hybridized carbons (Fsp3) is 1.00. The maximum absolute atomic E-state index is 3.70. The molecule has 32 heavy (non-hydrogen) atoms. The highest BCUT2D eigenvalue weighted by Gasteiger charge is 2.54. The van der Waals surface area contributed by atoms with Crippen molar-refractivity contribution in [1.82, 2.24) is 34.7 Å². The number of hydrogen-bond acceptors (Lipinski definition) is 8. The number of rotatable bonds is 0. The average molecular weight is 579 g/mol. The molecule has 1 aliphatic heterocycles. The van der Waals surface area contributed by atoms with E-state index in [2.05, 4.69) is 142 Å². The Morgan fingerprint density at radius 1 is 0.406 bits per heavy atom. The summed E-state index contributed by atoms with van der Waals surface area (Å²) < 4.78 is 24.0. The van der Waals surface area contributed by atoms with E-state index in [1.54, 1.807) is 0 Å². The zero-order valence-electron chi connectivity index (χ0n) is 23.7. The van der Waals surface area contributed by atoms with E-state index in [1.807, 2.05) is 0 Å². The molecule has 16 heteroatoms. The van der Waals surface area contributed by atoms with Gasteiger partial charge in [0.05, 0.1) is 0 Å². The van der Waals surface area contributed by atoms with Gasteiger partial charge in [-0.05, 0) is 108 Å². The van der Waals surface area contributed by atoms with Gasteiger partial charge in [-0.15, -0.1) is 0 Å². The highest BCUT2D eigenvalue weighted by atomic mass is 28.5. The molecule has 1 fully saturated rings. The number of hydrogen-bond donors (Lipinski definition) is 2. The third kappa shape index (κ3) is 6.03. The van der Waals surface area contributed by atoms with Gasteiger partial charge in [0, 0.05) is 0 Å². The van der Waals surface area contributed by atoms with Crippen molar-refractivity contribution in [1.29, 1.82) is 0 Å². The fourth-order valence-electron chi connectivity index (χ4n) is 4.33. The van der Waals surface area contributed by atoms with Gasteiger partial charge in [-0.25, -0.2) is 0 Å². The molecule has 0 saturated carbocycles. The predicted octanol–water partition coefficient (Wildman–Crippen LogP) is 0.882. The third-order valence-electron chi connectivity index (χ3n) is 8.78. The normalized spacial score (nSPS) is 30.4. The molecule has 0 amide bonds. The Morgan fingerprint density at radius 2 is 0.625 bits per heavy atom. The highest BCUT2D eigenvalue weighted by Crippen LogP contribution is 2.31. The highest BCUT2D eigenvalue weighted by molar-refractivity contribution is 7.00. The van der Waals surface area contributed by atoms with E-state index in [4.69, 9.17) is 0 Å². The van der Waals surface area contributed by atoms with Crippen molar-refractivity contribution in [2.75, 3.05) is 42.3 Å². The zero-order chi connectivity index (χ0) is 25.5. The summed E-state index contributed by atoms with van der Waals surface area (Å²) in [7, 11) is 7.16. The van der Waals surface area contributed by atoms with Gasteiger partial charge < -0.3 is 34.7 Å². The second kappa shape index (κ2) is 10.8. The lowest BCUT2D eigenvalue weighted by molar-refractivity contribution is 0.516. The molecule has 0 spiro atoms. The van der Waals surface area contributed by atoms with Crippen LogP contribution in [0, 0.1) is 0 Å². The van der Waals surface area contributed by atoms with Gasteiger partial charge in [-0.3, -0.25) is 0 Å². The van der Waals surface area contributed by atoms with Crippen LogP contribution in [0.4, 0.5) is 0 Å². The molecule has 8 nitrogen and oxygen atoms in total. The molecule has 0 unspecified atom stereocenters. The second-order valence-corrected chi connectivity index (χ2v) is 39.8. The van der Waals surface area contributed by atoms with Crippen LogP contribution >= 0.6 is 0 Å². The quantitative estimate of drug-likeness (QED) is 0.411. The van der Waals surface area contributed by atoms with Crippen molar-refractivity contribution in [2.45, 2.75) is 65.5 Å². The van der Waals surface area contributed by atoms with Gasteiger partial charge in [0.15, 0.2) is 42.0 Å². The largest absolute Gasteiger partial charge is 0.337 e. The minimum atomic E-state index is -1.86. The van der Waals surface area contributed by atoms with Gasteiger partial charge in [0.25, 0.3) is 0 Å². The van der Waals surface area contributed by atoms with Crippen molar-refractivity contribution >= 4 is 71.5 Å². The van der Waals surface area contributed by atoms with Crippen LogP contribution in [0.25, 0.3) is 0 Å². The monoisotopic (exact) mass is 578 g/mol. The topological polar surface area (TPSA) is 43.5 Å². The zero-order valence-corrected chi connectivity index (χ0v) is 31.7. The molecule has 0 bridgehead atoms. The summed E-state index contributed by atoms with van der Waals surface area (Å²) in [5.41, 5.74) is 0. The molecule has 186 valence electrons. The molecule has 0 aromatic heterocycles. The van der Waals surface area contributed by atoms with Gasteiger partial charge in [-0.2, -0.15) is 0 Å². The van der Waals surface area contributed by atoms with Gasteiger partial charge >= 0.3 is 0 Å². The summed E-state index contributed by atoms with van der Waals surface area (Å²) in [5.74, 6) is 0. The van der Waals surface area contributed by atoms with E-state index >= 15 is 0 Å². The Hall–Kier alpha value is 1.42. The summed E-state index contributed by atoms with van der Waals surface area (Å²) in [4.78, 5) is 0. The summed E-state index contributed by atoms with van der Waals surface area (Å²) in [6.45, 7) is 25.4. The first kappa shape index (κ1) is 31.4. The number of nitrogens with one attached hydrogen (secondary N) is 2. The predicted molar refractivity (Wildman–Crippen MR) is 158 cm³/mol. The standard InChI is InChI=1S/C16H50N8Si8/c1-19-26-17-25-18-27-20(2)29(9,10)22(4)31(13,14)24(6)32(15,16)23(5)30(11,12)21(3)28(19,7)8/h17-18H,1-16H3. The molecule has 6 radical (unpaired) electrons. The lowest BCUT2D eigenvalue weighted by Gasteiger charge is -2.60. The van der Waals surface area contributed by atoms with Gasteiger partial charge in [0.2, 0.25) is 29.5 Å². The van der Waals surface area contributed by atoms with Crippen molar-refractivity contribution in [3.63, 3.8) is 0 Å².